The zero-order chi connectivity index (χ0) is 10.0. The van der Waals surface area contributed by atoms with E-state index in [-0.39, 0.29) is 5.82 Å². The highest BCUT2D eigenvalue weighted by Gasteiger charge is 2.16. The molecular weight excluding hydrogens is 237 g/mol. The molecule has 0 unspecified atom stereocenters. The van der Waals surface area contributed by atoms with E-state index in [1.54, 1.807) is 19.1 Å². The Hall–Kier alpha value is -0.450. The van der Waals surface area contributed by atoms with Crippen molar-refractivity contribution in [2.24, 2.45) is 5.73 Å². The molecule has 1 aromatic carbocycles. The van der Waals surface area contributed by atoms with Crippen LogP contribution in [0.1, 0.15) is 18.5 Å². The Morgan fingerprint density at radius 1 is 1.54 bits per heavy atom. The van der Waals surface area contributed by atoms with Gasteiger partial charge in [-0.2, -0.15) is 0 Å². The fourth-order valence-corrected chi connectivity index (χ4v) is 1.57. The summed E-state index contributed by atoms with van der Waals surface area (Å²) < 4.78 is 13.3. The van der Waals surface area contributed by atoms with Gasteiger partial charge in [0.25, 0.3) is 0 Å². The summed E-state index contributed by atoms with van der Waals surface area (Å²) in [7, 11) is 0. The second-order valence-electron chi connectivity index (χ2n) is 2.91. The van der Waals surface area contributed by atoms with Crippen LogP contribution in [0, 0.1) is 5.82 Å². The number of hydrogen-bond acceptors (Lipinski definition) is 2. The summed E-state index contributed by atoms with van der Waals surface area (Å²) in [5.74, 6) is -0.367. The number of halogens is 2. The first-order chi connectivity index (χ1) is 6.04. The smallest absolute Gasteiger partial charge is 0.137 e. The van der Waals surface area contributed by atoms with Crippen LogP contribution in [0.15, 0.2) is 22.7 Å². The lowest BCUT2D eigenvalue weighted by Gasteiger charge is -2.16. The molecule has 4 heteroatoms. The second-order valence-corrected chi connectivity index (χ2v) is 3.70. The van der Waals surface area contributed by atoms with Gasteiger partial charge in [0.1, 0.15) is 5.82 Å². The molecule has 2 atom stereocenters. The Morgan fingerprint density at radius 3 is 2.69 bits per heavy atom. The monoisotopic (exact) mass is 247 g/mol. The molecule has 0 amide bonds. The molecule has 0 spiro atoms. The molecule has 1 rings (SSSR count). The third-order valence-corrected chi connectivity index (χ3v) is 2.70. The fraction of sp³-hybridized carbons (Fsp3) is 0.333. The standard InChI is InChI=1S/C9H11BrFNO/c1-5(13)9(12)6-3-2-4-7(11)8(6)10/h2-5,9,13H,12H2,1H3/t5-,9-/m0/s1. The Morgan fingerprint density at radius 2 is 2.15 bits per heavy atom. The first kappa shape index (κ1) is 10.6. The summed E-state index contributed by atoms with van der Waals surface area (Å²) in [4.78, 5) is 0. The molecule has 1 aromatic rings. The summed E-state index contributed by atoms with van der Waals surface area (Å²) >= 11 is 3.08. The molecule has 0 fully saturated rings. The summed E-state index contributed by atoms with van der Waals surface area (Å²) in [5.41, 5.74) is 6.24. The molecule has 0 heterocycles. The van der Waals surface area contributed by atoms with E-state index >= 15 is 0 Å². The van der Waals surface area contributed by atoms with Gasteiger partial charge in [-0.15, -0.1) is 0 Å². The van der Waals surface area contributed by atoms with Gasteiger partial charge in [-0.3, -0.25) is 0 Å². The van der Waals surface area contributed by atoms with Crippen LogP contribution in [0.3, 0.4) is 0 Å². The maximum Gasteiger partial charge on any atom is 0.137 e. The molecule has 0 aliphatic heterocycles. The zero-order valence-corrected chi connectivity index (χ0v) is 8.75. The van der Waals surface area contributed by atoms with Crippen LogP contribution in [0.2, 0.25) is 0 Å². The van der Waals surface area contributed by atoms with Crippen LogP contribution >= 0.6 is 15.9 Å². The average Bonchev–Trinajstić information content (AvgIpc) is 2.08. The van der Waals surface area contributed by atoms with Gasteiger partial charge in [0.05, 0.1) is 16.6 Å². The highest BCUT2D eigenvalue weighted by atomic mass is 79.9. The molecule has 13 heavy (non-hydrogen) atoms. The van der Waals surface area contributed by atoms with Crippen molar-refractivity contribution in [3.63, 3.8) is 0 Å². The highest BCUT2D eigenvalue weighted by molar-refractivity contribution is 9.10. The molecule has 0 saturated carbocycles. The molecule has 0 aromatic heterocycles. The molecule has 0 aliphatic carbocycles. The van der Waals surface area contributed by atoms with Crippen molar-refractivity contribution in [1.82, 2.24) is 0 Å². The first-order valence-electron chi connectivity index (χ1n) is 3.91. The number of rotatable bonds is 2. The number of aliphatic hydroxyl groups is 1. The third-order valence-electron chi connectivity index (χ3n) is 1.86. The normalized spacial score (nSPS) is 15.5. The van der Waals surface area contributed by atoms with Crippen molar-refractivity contribution in [2.45, 2.75) is 19.1 Å². The molecule has 0 radical (unpaired) electrons. The van der Waals surface area contributed by atoms with Gasteiger partial charge in [-0.1, -0.05) is 12.1 Å². The van der Waals surface area contributed by atoms with Gasteiger partial charge >= 0.3 is 0 Å². The average molecular weight is 248 g/mol. The van der Waals surface area contributed by atoms with Crippen LogP contribution in [-0.4, -0.2) is 11.2 Å². The van der Waals surface area contributed by atoms with Gasteiger partial charge in [0, 0.05) is 0 Å². The van der Waals surface area contributed by atoms with Crippen molar-refractivity contribution >= 4 is 15.9 Å². The summed E-state index contributed by atoms with van der Waals surface area (Å²) in [6, 6.07) is 4.02. The number of nitrogens with two attached hydrogens (primary N) is 1. The van der Waals surface area contributed by atoms with Gasteiger partial charge in [0.2, 0.25) is 0 Å². The van der Waals surface area contributed by atoms with Crippen LogP contribution in [0.4, 0.5) is 4.39 Å². The lowest BCUT2D eigenvalue weighted by molar-refractivity contribution is 0.164. The largest absolute Gasteiger partial charge is 0.391 e. The van der Waals surface area contributed by atoms with Crippen LogP contribution in [0.5, 0.6) is 0 Å². The lowest BCUT2D eigenvalue weighted by Crippen LogP contribution is -2.23. The highest BCUT2D eigenvalue weighted by Crippen LogP contribution is 2.26. The van der Waals surface area contributed by atoms with E-state index in [9.17, 15) is 9.50 Å². The van der Waals surface area contributed by atoms with E-state index in [1.807, 2.05) is 0 Å². The Labute approximate surface area is 84.7 Å². The minimum absolute atomic E-state index is 0.323. The van der Waals surface area contributed by atoms with Crippen molar-refractivity contribution in [3.05, 3.63) is 34.1 Å². The van der Waals surface area contributed by atoms with Gasteiger partial charge in [-0.05, 0) is 34.5 Å². The minimum Gasteiger partial charge on any atom is -0.391 e. The molecule has 2 nitrogen and oxygen atoms in total. The van der Waals surface area contributed by atoms with Crippen LogP contribution in [-0.2, 0) is 0 Å². The summed E-state index contributed by atoms with van der Waals surface area (Å²) in [5, 5.41) is 9.22. The van der Waals surface area contributed by atoms with Crippen molar-refractivity contribution < 1.29 is 9.50 Å². The minimum atomic E-state index is -0.696. The van der Waals surface area contributed by atoms with Crippen molar-refractivity contribution in [1.29, 1.82) is 0 Å². The summed E-state index contributed by atoms with van der Waals surface area (Å²) in [6.07, 6.45) is -0.696. The third kappa shape index (κ3) is 2.27. The Bertz CT molecular complexity index is 304. The molecular formula is C9H11BrFNO. The Kier molecular flexibility index (Phi) is 3.41. The molecule has 0 aliphatic rings. The van der Waals surface area contributed by atoms with E-state index in [0.717, 1.165) is 0 Å². The molecule has 0 bridgehead atoms. The van der Waals surface area contributed by atoms with Crippen LogP contribution < -0.4 is 5.73 Å². The van der Waals surface area contributed by atoms with Crippen molar-refractivity contribution in [2.75, 3.05) is 0 Å². The zero-order valence-electron chi connectivity index (χ0n) is 7.17. The predicted molar refractivity (Wildman–Crippen MR) is 52.7 cm³/mol. The maximum atomic E-state index is 13.0. The van der Waals surface area contributed by atoms with Crippen LogP contribution in [0.25, 0.3) is 0 Å². The van der Waals surface area contributed by atoms with E-state index in [0.29, 0.717) is 10.0 Å². The predicted octanol–water partition coefficient (Wildman–Crippen LogP) is 1.97. The van der Waals surface area contributed by atoms with Crippen molar-refractivity contribution in [3.8, 4) is 0 Å². The molecule has 0 saturated heterocycles. The van der Waals surface area contributed by atoms with E-state index in [2.05, 4.69) is 15.9 Å². The number of aliphatic hydroxyl groups excluding tert-OH is 1. The second kappa shape index (κ2) is 4.17. The summed E-state index contributed by atoms with van der Waals surface area (Å²) in [6.45, 7) is 1.57. The molecule has 3 N–H and O–H groups in total. The quantitative estimate of drug-likeness (QED) is 0.840. The van der Waals surface area contributed by atoms with Gasteiger partial charge in [-0.25, -0.2) is 4.39 Å². The topological polar surface area (TPSA) is 46.2 Å². The fourth-order valence-electron chi connectivity index (χ4n) is 1.04. The first-order valence-corrected chi connectivity index (χ1v) is 4.71. The maximum absolute atomic E-state index is 13.0. The van der Waals surface area contributed by atoms with E-state index < -0.39 is 12.1 Å². The lowest BCUT2D eigenvalue weighted by atomic mass is 10.0. The SMILES string of the molecule is C[C@H](O)[C@H](N)c1cccc(F)c1Br. The Balaban J connectivity index is 3.07. The number of benzene rings is 1. The van der Waals surface area contributed by atoms with Gasteiger partial charge in [0.15, 0.2) is 0 Å². The van der Waals surface area contributed by atoms with E-state index in [1.165, 1.54) is 6.07 Å². The number of hydrogen-bond donors (Lipinski definition) is 2. The molecule has 72 valence electrons. The van der Waals surface area contributed by atoms with E-state index in [4.69, 9.17) is 5.73 Å². The van der Waals surface area contributed by atoms with Gasteiger partial charge < -0.3 is 10.8 Å².